The van der Waals surface area contributed by atoms with Crippen LogP contribution in [0.1, 0.15) is 29.4 Å². The number of hydrogen-bond donors (Lipinski definition) is 1. The molecule has 1 aromatic heterocycles. The van der Waals surface area contributed by atoms with Crippen LogP contribution >= 0.6 is 11.8 Å². The van der Waals surface area contributed by atoms with Crippen LogP contribution in [0.3, 0.4) is 0 Å². The van der Waals surface area contributed by atoms with E-state index in [0.29, 0.717) is 11.6 Å². The van der Waals surface area contributed by atoms with Gasteiger partial charge in [-0.05, 0) is 50.1 Å². The van der Waals surface area contributed by atoms with Crippen molar-refractivity contribution in [1.29, 1.82) is 0 Å². The third-order valence-electron chi connectivity index (χ3n) is 5.25. The van der Waals surface area contributed by atoms with Gasteiger partial charge < -0.3 is 5.32 Å². The predicted molar refractivity (Wildman–Crippen MR) is 130 cm³/mol. The maximum absolute atomic E-state index is 12.9. The van der Waals surface area contributed by atoms with Gasteiger partial charge in [0.25, 0.3) is 0 Å². The molecule has 4 rings (SSSR count). The Labute approximate surface area is 192 Å². The Bertz CT molecular complexity index is 1200. The Balaban J connectivity index is 1.60. The molecule has 6 heteroatoms. The van der Waals surface area contributed by atoms with E-state index in [1.807, 2.05) is 56.3 Å². The Morgan fingerprint density at radius 2 is 1.62 bits per heavy atom. The first-order chi connectivity index (χ1) is 15.5. The van der Waals surface area contributed by atoms with Gasteiger partial charge in [0, 0.05) is 17.8 Å². The standard InChI is InChI=1S/C26H26N4OS/c1-18-13-15-22(16-14-18)30-24(17-21-10-5-4-6-11-21)28-29-26(30)32-20(3)25(31)27-23-12-8-7-9-19(23)2/h4-16,20H,17H2,1-3H3,(H,27,31). The van der Waals surface area contributed by atoms with E-state index < -0.39 is 0 Å². The molecule has 1 N–H and O–H groups in total. The van der Waals surface area contributed by atoms with E-state index in [2.05, 4.69) is 63.4 Å². The Morgan fingerprint density at radius 1 is 0.938 bits per heavy atom. The second-order valence-electron chi connectivity index (χ2n) is 7.80. The van der Waals surface area contributed by atoms with Gasteiger partial charge in [0.2, 0.25) is 5.91 Å². The zero-order valence-corrected chi connectivity index (χ0v) is 19.3. The molecule has 0 aliphatic carbocycles. The maximum Gasteiger partial charge on any atom is 0.237 e. The lowest BCUT2D eigenvalue weighted by atomic mass is 10.1. The summed E-state index contributed by atoms with van der Waals surface area (Å²) in [7, 11) is 0. The molecule has 0 spiro atoms. The van der Waals surface area contributed by atoms with E-state index in [0.717, 1.165) is 28.3 Å². The highest BCUT2D eigenvalue weighted by atomic mass is 32.2. The number of carbonyl (C=O) groups excluding carboxylic acids is 1. The molecule has 0 aliphatic heterocycles. The molecule has 1 amide bonds. The second kappa shape index (κ2) is 9.83. The van der Waals surface area contributed by atoms with E-state index in [9.17, 15) is 4.79 Å². The van der Waals surface area contributed by atoms with Crippen molar-refractivity contribution in [3.63, 3.8) is 0 Å². The fourth-order valence-electron chi connectivity index (χ4n) is 3.38. The fourth-order valence-corrected chi connectivity index (χ4v) is 4.27. The van der Waals surface area contributed by atoms with Gasteiger partial charge in [0.1, 0.15) is 5.82 Å². The highest BCUT2D eigenvalue weighted by Crippen LogP contribution is 2.28. The highest BCUT2D eigenvalue weighted by molar-refractivity contribution is 8.00. The summed E-state index contributed by atoms with van der Waals surface area (Å²) in [4.78, 5) is 12.9. The summed E-state index contributed by atoms with van der Waals surface area (Å²) in [6.07, 6.45) is 0.659. The summed E-state index contributed by atoms with van der Waals surface area (Å²) in [6.45, 7) is 5.94. The van der Waals surface area contributed by atoms with Crippen molar-refractivity contribution in [2.75, 3.05) is 5.32 Å². The van der Waals surface area contributed by atoms with Crippen LogP contribution in [0.2, 0.25) is 0 Å². The number of benzene rings is 3. The van der Waals surface area contributed by atoms with Crippen LogP contribution in [0.15, 0.2) is 84.0 Å². The van der Waals surface area contributed by atoms with Crippen LogP contribution in [0.4, 0.5) is 5.69 Å². The van der Waals surface area contributed by atoms with Gasteiger partial charge in [-0.25, -0.2) is 0 Å². The van der Waals surface area contributed by atoms with Gasteiger partial charge in [0.15, 0.2) is 5.16 Å². The molecule has 0 saturated heterocycles. The average Bonchev–Trinajstić information content (AvgIpc) is 3.18. The molecule has 1 heterocycles. The average molecular weight is 443 g/mol. The van der Waals surface area contributed by atoms with Gasteiger partial charge in [-0.3, -0.25) is 9.36 Å². The van der Waals surface area contributed by atoms with Crippen molar-refractivity contribution in [1.82, 2.24) is 14.8 Å². The van der Waals surface area contributed by atoms with E-state index in [-0.39, 0.29) is 11.2 Å². The summed E-state index contributed by atoms with van der Waals surface area (Å²) in [5.41, 5.74) is 5.20. The molecular formula is C26H26N4OS. The summed E-state index contributed by atoms with van der Waals surface area (Å²) >= 11 is 1.41. The third-order valence-corrected chi connectivity index (χ3v) is 6.29. The molecule has 5 nitrogen and oxygen atoms in total. The number of rotatable bonds is 7. The zero-order chi connectivity index (χ0) is 22.5. The van der Waals surface area contributed by atoms with Crippen LogP contribution in [0.5, 0.6) is 0 Å². The molecule has 1 unspecified atom stereocenters. The number of carbonyl (C=O) groups is 1. The van der Waals surface area contributed by atoms with Crippen molar-refractivity contribution in [2.45, 2.75) is 37.6 Å². The van der Waals surface area contributed by atoms with Crippen molar-refractivity contribution in [2.24, 2.45) is 0 Å². The largest absolute Gasteiger partial charge is 0.325 e. The minimum atomic E-state index is -0.340. The van der Waals surface area contributed by atoms with Crippen molar-refractivity contribution < 1.29 is 4.79 Å². The monoisotopic (exact) mass is 442 g/mol. The lowest BCUT2D eigenvalue weighted by Crippen LogP contribution is -2.23. The SMILES string of the molecule is Cc1ccc(-n2c(Cc3ccccc3)nnc2SC(C)C(=O)Nc2ccccc2C)cc1. The predicted octanol–water partition coefficient (Wildman–Crippen LogP) is 5.59. The molecule has 0 radical (unpaired) electrons. The normalized spacial score (nSPS) is 11.8. The van der Waals surface area contributed by atoms with E-state index in [1.165, 1.54) is 17.3 Å². The van der Waals surface area contributed by atoms with Crippen molar-refractivity contribution in [3.8, 4) is 5.69 Å². The molecule has 32 heavy (non-hydrogen) atoms. The number of aryl methyl sites for hydroxylation is 2. The van der Waals surface area contributed by atoms with Gasteiger partial charge in [-0.1, -0.05) is 78.0 Å². The van der Waals surface area contributed by atoms with Gasteiger partial charge >= 0.3 is 0 Å². The number of amides is 1. The lowest BCUT2D eigenvalue weighted by molar-refractivity contribution is -0.115. The topological polar surface area (TPSA) is 59.8 Å². The number of nitrogens with one attached hydrogen (secondary N) is 1. The van der Waals surface area contributed by atoms with Crippen molar-refractivity contribution in [3.05, 3.63) is 101 Å². The van der Waals surface area contributed by atoms with Gasteiger partial charge in [-0.15, -0.1) is 10.2 Å². The Morgan fingerprint density at radius 3 is 2.34 bits per heavy atom. The van der Waals surface area contributed by atoms with E-state index in [4.69, 9.17) is 0 Å². The van der Waals surface area contributed by atoms with Crippen LogP contribution < -0.4 is 5.32 Å². The first-order valence-electron chi connectivity index (χ1n) is 10.6. The molecule has 0 aliphatic rings. The third kappa shape index (κ3) is 5.08. The Kier molecular flexibility index (Phi) is 6.71. The first kappa shape index (κ1) is 21.8. The second-order valence-corrected chi connectivity index (χ2v) is 9.10. The minimum absolute atomic E-state index is 0.0626. The molecule has 0 fully saturated rings. The van der Waals surface area contributed by atoms with Gasteiger partial charge in [-0.2, -0.15) is 0 Å². The molecular weight excluding hydrogens is 416 g/mol. The molecule has 0 saturated carbocycles. The zero-order valence-electron chi connectivity index (χ0n) is 18.4. The molecule has 0 bridgehead atoms. The highest BCUT2D eigenvalue weighted by Gasteiger charge is 2.21. The first-order valence-corrected chi connectivity index (χ1v) is 11.5. The smallest absolute Gasteiger partial charge is 0.237 e. The molecule has 3 aromatic carbocycles. The van der Waals surface area contributed by atoms with Crippen LogP contribution in [-0.4, -0.2) is 25.9 Å². The quantitative estimate of drug-likeness (QED) is 0.379. The molecule has 4 aromatic rings. The number of para-hydroxylation sites is 1. The van der Waals surface area contributed by atoms with E-state index >= 15 is 0 Å². The van der Waals surface area contributed by atoms with Crippen LogP contribution in [0, 0.1) is 13.8 Å². The number of nitrogens with zero attached hydrogens (tertiary/aromatic N) is 3. The minimum Gasteiger partial charge on any atom is -0.325 e. The Hall–Kier alpha value is -3.38. The summed E-state index contributed by atoms with van der Waals surface area (Å²) in [5, 5.41) is 12.3. The number of anilines is 1. The molecule has 1 atom stereocenters. The van der Waals surface area contributed by atoms with Gasteiger partial charge in [0.05, 0.1) is 5.25 Å². The number of hydrogen-bond acceptors (Lipinski definition) is 4. The number of thioether (sulfide) groups is 1. The lowest BCUT2D eigenvalue weighted by Gasteiger charge is -2.15. The van der Waals surface area contributed by atoms with Crippen LogP contribution in [-0.2, 0) is 11.2 Å². The summed E-state index contributed by atoms with van der Waals surface area (Å²) < 4.78 is 2.05. The number of aromatic nitrogens is 3. The van der Waals surface area contributed by atoms with Crippen molar-refractivity contribution >= 4 is 23.4 Å². The fraction of sp³-hybridized carbons (Fsp3) is 0.192. The summed E-state index contributed by atoms with van der Waals surface area (Å²) in [6, 6.07) is 26.3. The summed E-state index contributed by atoms with van der Waals surface area (Å²) in [5.74, 6) is 0.779. The van der Waals surface area contributed by atoms with E-state index in [1.54, 1.807) is 0 Å². The molecule has 162 valence electrons. The van der Waals surface area contributed by atoms with Crippen LogP contribution in [0.25, 0.3) is 5.69 Å². The maximum atomic E-state index is 12.9.